The van der Waals surface area contributed by atoms with Gasteiger partial charge in [0.25, 0.3) is 0 Å². The minimum Gasteiger partial charge on any atom is -0.348 e. The van der Waals surface area contributed by atoms with E-state index >= 15 is 0 Å². The molecule has 3 aromatic carbocycles. The van der Waals surface area contributed by atoms with Crippen LogP contribution in [0, 0.1) is 0 Å². The minimum atomic E-state index is -3.64. The Hall–Kier alpha value is -2.86. The van der Waals surface area contributed by atoms with E-state index in [9.17, 15) is 13.2 Å². The number of anilines is 1. The van der Waals surface area contributed by atoms with Gasteiger partial charge in [-0.1, -0.05) is 73.7 Å². The average Bonchev–Trinajstić information content (AvgIpc) is 2.70. The first kappa shape index (κ1) is 19.9. The summed E-state index contributed by atoms with van der Waals surface area (Å²) in [5, 5.41) is 4.67. The van der Waals surface area contributed by atoms with Crippen LogP contribution in [-0.2, 0) is 14.8 Å². The molecule has 0 aliphatic carbocycles. The Morgan fingerprint density at radius 3 is 2.29 bits per heavy atom. The number of hydrogen-bond donors (Lipinski definition) is 1. The molecular weight excluding hydrogens is 372 g/mol. The van der Waals surface area contributed by atoms with Gasteiger partial charge in [-0.2, -0.15) is 0 Å². The standard InChI is InChI=1S/C22H24N2O3S/c1-3-20(18-11-5-4-6-12-18)23-22(25)16-24(28(2,26)27)21-15-9-13-17-10-7-8-14-19(17)21/h4-15,20H,3,16H2,1-2H3,(H,23,25). The number of hydrogen-bond acceptors (Lipinski definition) is 3. The smallest absolute Gasteiger partial charge is 0.241 e. The normalized spacial score (nSPS) is 12.5. The molecule has 3 rings (SSSR count). The van der Waals surface area contributed by atoms with E-state index in [1.165, 1.54) is 4.31 Å². The number of benzene rings is 3. The van der Waals surface area contributed by atoms with Crippen LogP contribution in [-0.4, -0.2) is 27.1 Å². The van der Waals surface area contributed by atoms with Crippen molar-refractivity contribution < 1.29 is 13.2 Å². The number of amides is 1. The van der Waals surface area contributed by atoms with Crippen molar-refractivity contribution in [1.29, 1.82) is 0 Å². The van der Waals surface area contributed by atoms with E-state index in [4.69, 9.17) is 0 Å². The van der Waals surface area contributed by atoms with Crippen LogP contribution < -0.4 is 9.62 Å². The molecular formula is C22H24N2O3S. The fourth-order valence-electron chi connectivity index (χ4n) is 3.28. The van der Waals surface area contributed by atoms with E-state index in [0.29, 0.717) is 12.1 Å². The molecule has 0 heterocycles. The Morgan fingerprint density at radius 1 is 0.964 bits per heavy atom. The molecule has 1 unspecified atom stereocenters. The maximum atomic E-state index is 12.7. The van der Waals surface area contributed by atoms with Crippen LogP contribution in [0.1, 0.15) is 24.9 Å². The van der Waals surface area contributed by atoms with Crippen LogP contribution in [0.2, 0.25) is 0 Å². The summed E-state index contributed by atoms with van der Waals surface area (Å²) in [6, 6.07) is 22.5. The second-order valence-corrected chi connectivity index (χ2v) is 8.61. The van der Waals surface area contributed by atoms with Crippen LogP contribution in [0.3, 0.4) is 0 Å². The first-order chi connectivity index (χ1) is 13.4. The highest BCUT2D eigenvalue weighted by Gasteiger charge is 2.23. The van der Waals surface area contributed by atoms with E-state index in [1.54, 1.807) is 12.1 Å². The maximum absolute atomic E-state index is 12.7. The third kappa shape index (κ3) is 4.51. The summed E-state index contributed by atoms with van der Waals surface area (Å²) in [5.41, 5.74) is 1.50. The van der Waals surface area contributed by atoms with Crippen LogP contribution in [0.5, 0.6) is 0 Å². The van der Waals surface area contributed by atoms with Crippen LogP contribution >= 0.6 is 0 Å². The SMILES string of the molecule is CCC(NC(=O)CN(c1cccc2ccccc12)S(C)(=O)=O)c1ccccc1. The highest BCUT2D eigenvalue weighted by molar-refractivity contribution is 7.92. The van der Waals surface area contributed by atoms with Gasteiger partial charge in [0, 0.05) is 5.39 Å². The lowest BCUT2D eigenvalue weighted by atomic mass is 10.0. The molecule has 3 aromatic rings. The molecule has 0 fully saturated rings. The Kier molecular flexibility index (Phi) is 5.99. The molecule has 1 atom stereocenters. The monoisotopic (exact) mass is 396 g/mol. The number of nitrogens with zero attached hydrogens (tertiary/aromatic N) is 1. The number of nitrogens with one attached hydrogen (secondary N) is 1. The van der Waals surface area contributed by atoms with Gasteiger partial charge in [-0.05, 0) is 23.4 Å². The quantitative estimate of drug-likeness (QED) is 0.659. The Morgan fingerprint density at radius 2 is 1.61 bits per heavy atom. The zero-order chi connectivity index (χ0) is 20.1. The van der Waals surface area contributed by atoms with Gasteiger partial charge in [0.15, 0.2) is 0 Å². The van der Waals surface area contributed by atoms with Gasteiger partial charge in [-0.3, -0.25) is 9.10 Å². The van der Waals surface area contributed by atoms with E-state index in [2.05, 4.69) is 5.32 Å². The van der Waals surface area contributed by atoms with Crippen molar-refractivity contribution in [3.8, 4) is 0 Å². The van der Waals surface area contributed by atoms with Gasteiger partial charge >= 0.3 is 0 Å². The van der Waals surface area contributed by atoms with E-state index in [1.807, 2.05) is 67.6 Å². The second-order valence-electron chi connectivity index (χ2n) is 6.71. The number of fused-ring (bicyclic) bond motifs is 1. The van der Waals surface area contributed by atoms with Gasteiger partial charge in [0.1, 0.15) is 6.54 Å². The van der Waals surface area contributed by atoms with Crippen molar-refractivity contribution in [2.45, 2.75) is 19.4 Å². The Bertz CT molecular complexity index is 1060. The maximum Gasteiger partial charge on any atom is 0.241 e. The lowest BCUT2D eigenvalue weighted by Crippen LogP contribution is -2.41. The molecule has 146 valence electrons. The zero-order valence-electron chi connectivity index (χ0n) is 16.0. The zero-order valence-corrected chi connectivity index (χ0v) is 16.8. The second kappa shape index (κ2) is 8.44. The fraction of sp³-hybridized carbons (Fsp3) is 0.227. The highest BCUT2D eigenvalue weighted by Crippen LogP contribution is 2.28. The highest BCUT2D eigenvalue weighted by atomic mass is 32.2. The van der Waals surface area contributed by atoms with Crippen LogP contribution in [0.4, 0.5) is 5.69 Å². The van der Waals surface area contributed by atoms with Gasteiger partial charge in [-0.15, -0.1) is 0 Å². The Labute approximate surface area is 166 Å². The van der Waals surface area contributed by atoms with Gasteiger partial charge in [-0.25, -0.2) is 8.42 Å². The number of rotatable bonds is 7. The Balaban J connectivity index is 1.88. The van der Waals surface area contributed by atoms with Crippen LogP contribution in [0.15, 0.2) is 72.8 Å². The summed E-state index contributed by atoms with van der Waals surface area (Å²) in [7, 11) is -3.64. The third-order valence-electron chi connectivity index (χ3n) is 4.67. The summed E-state index contributed by atoms with van der Waals surface area (Å²) in [6.07, 6.45) is 1.83. The predicted octanol–water partition coefficient (Wildman–Crippen LogP) is 3.87. The van der Waals surface area contributed by atoms with Gasteiger partial charge in [0.05, 0.1) is 18.0 Å². The molecule has 1 N–H and O–H groups in total. The summed E-state index contributed by atoms with van der Waals surface area (Å²) in [6.45, 7) is 1.72. The molecule has 0 aliphatic heterocycles. The van der Waals surface area contributed by atoms with Crippen molar-refractivity contribution in [3.63, 3.8) is 0 Å². The first-order valence-corrected chi connectivity index (χ1v) is 11.0. The van der Waals surface area contributed by atoms with Crippen molar-refractivity contribution in [2.24, 2.45) is 0 Å². The molecule has 1 amide bonds. The summed E-state index contributed by atoms with van der Waals surface area (Å²) < 4.78 is 26.1. The molecule has 28 heavy (non-hydrogen) atoms. The average molecular weight is 397 g/mol. The molecule has 0 radical (unpaired) electrons. The lowest BCUT2D eigenvalue weighted by Gasteiger charge is -2.25. The number of sulfonamides is 1. The predicted molar refractivity (Wildman–Crippen MR) is 114 cm³/mol. The topological polar surface area (TPSA) is 66.5 Å². The van der Waals surface area contributed by atoms with Crippen molar-refractivity contribution in [2.75, 3.05) is 17.1 Å². The lowest BCUT2D eigenvalue weighted by molar-refractivity contribution is -0.120. The summed E-state index contributed by atoms with van der Waals surface area (Å²) in [4.78, 5) is 12.7. The van der Waals surface area contributed by atoms with Crippen molar-refractivity contribution in [1.82, 2.24) is 5.32 Å². The van der Waals surface area contributed by atoms with E-state index in [0.717, 1.165) is 22.6 Å². The molecule has 0 bridgehead atoms. The summed E-state index contributed by atoms with van der Waals surface area (Å²) in [5.74, 6) is -0.339. The minimum absolute atomic E-state index is 0.164. The van der Waals surface area contributed by atoms with Crippen LogP contribution in [0.25, 0.3) is 10.8 Å². The molecule has 0 aliphatic rings. The van der Waals surface area contributed by atoms with E-state index < -0.39 is 10.0 Å². The third-order valence-corrected chi connectivity index (χ3v) is 5.79. The van der Waals surface area contributed by atoms with Gasteiger partial charge in [0.2, 0.25) is 15.9 Å². The number of carbonyl (C=O) groups is 1. The molecule has 0 spiro atoms. The molecule has 0 saturated carbocycles. The molecule has 5 nitrogen and oxygen atoms in total. The molecule has 0 aromatic heterocycles. The molecule has 0 saturated heterocycles. The largest absolute Gasteiger partial charge is 0.348 e. The van der Waals surface area contributed by atoms with Crippen molar-refractivity contribution >= 4 is 32.4 Å². The fourth-order valence-corrected chi connectivity index (χ4v) is 4.15. The first-order valence-electron chi connectivity index (χ1n) is 9.20. The summed E-state index contributed by atoms with van der Waals surface area (Å²) >= 11 is 0. The van der Waals surface area contributed by atoms with Crippen molar-refractivity contribution in [3.05, 3.63) is 78.4 Å². The number of carbonyl (C=O) groups excluding carboxylic acids is 1. The molecule has 6 heteroatoms. The van der Waals surface area contributed by atoms with Gasteiger partial charge < -0.3 is 5.32 Å². The van der Waals surface area contributed by atoms with E-state index in [-0.39, 0.29) is 18.5 Å².